The Hall–Kier alpha value is -1.43. The van der Waals surface area contributed by atoms with Crippen molar-refractivity contribution < 1.29 is 14.6 Å². The molecule has 0 aromatic heterocycles. The van der Waals surface area contributed by atoms with E-state index in [1.165, 1.54) is 11.1 Å². The van der Waals surface area contributed by atoms with E-state index in [4.69, 9.17) is 9.84 Å². The number of ether oxygens (including phenoxy) is 1. The van der Waals surface area contributed by atoms with Crippen LogP contribution in [0.5, 0.6) is 0 Å². The Morgan fingerprint density at radius 2 is 2.00 bits per heavy atom. The van der Waals surface area contributed by atoms with Gasteiger partial charge in [-0.15, -0.1) is 0 Å². The SMILES string of the molecule is O=C(O)C1CNC(c2ccc(CCN3CCOCC3)cc2)C1. The van der Waals surface area contributed by atoms with E-state index in [1.54, 1.807) is 0 Å². The minimum Gasteiger partial charge on any atom is -0.481 e. The molecule has 0 bridgehead atoms. The van der Waals surface area contributed by atoms with Gasteiger partial charge in [0.1, 0.15) is 0 Å². The molecule has 5 nitrogen and oxygen atoms in total. The first-order valence-electron chi connectivity index (χ1n) is 8.07. The van der Waals surface area contributed by atoms with Crippen LogP contribution in [-0.4, -0.2) is 55.4 Å². The molecule has 1 aromatic rings. The highest BCUT2D eigenvalue weighted by atomic mass is 16.5. The van der Waals surface area contributed by atoms with Crippen molar-refractivity contribution >= 4 is 5.97 Å². The minimum atomic E-state index is -0.697. The Labute approximate surface area is 131 Å². The summed E-state index contributed by atoms with van der Waals surface area (Å²) < 4.78 is 5.36. The Morgan fingerprint density at radius 3 is 2.64 bits per heavy atom. The molecule has 0 saturated carbocycles. The Morgan fingerprint density at radius 1 is 1.27 bits per heavy atom. The third-order valence-electron chi connectivity index (χ3n) is 4.68. The molecule has 1 aromatic carbocycles. The molecule has 0 amide bonds. The van der Waals surface area contributed by atoms with Crippen LogP contribution in [0.1, 0.15) is 23.6 Å². The summed E-state index contributed by atoms with van der Waals surface area (Å²) in [6.45, 7) is 5.39. The van der Waals surface area contributed by atoms with Gasteiger partial charge in [0.05, 0.1) is 19.1 Å². The van der Waals surface area contributed by atoms with Crippen LogP contribution in [0.25, 0.3) is 0 Å². The normalized spacial score (nSPS) is 26.2. The second kappa shape index (κ2) is 7.22. The van der Waals surface area contributed by atoms with Gasteiger partial charge in [-0.1, -0.05) is 24.3 Å². The van der Waals surface area contributed by atoms with E-state index in [-0.39, 0.29) is 12.0 Å². The van der Waals surface area contributed by atoms with E-state index < -0.39 is 5.97 Å². The second-order valence-corrected chi connectivity index (χ2v) is 6.18. The molecule has 3 rings (SSSR count). The number of benzene rings is 1. The molecule has 2 saturated heterocycles. The van der Waals surface area contributed by atoms with Crippen molar-refractivity contribution in [3.05, 3.63) is 35.4 Å². The van der Waals surface area contributed by atoms with Crippen LogP contribution in [0.15, 0.2) is 24.3 Å². The highest BCUT2D eigenvalue weighted by molar-refractivity contribution is 5.70. The summed E-state index contributed by atoms with van der Waals surface area (Å²) in [7, 11) is 0. The molecule has 5 heteroatoms. The summed E-state index contributed by atoms with van der Waals surface area (Å²) in [6, 6.07) is 8.79. The van der Waals surface area contributed by atoms with Crippen molar-refractivity contribution in [2.45, 2.75) is 18.9 Å². The summed E-state index contributed by atoms with van der Waals surface area (Å²) in [5.41, 5.74) is 2.53. The lowest BCUT2D eigenvalue weighted by Gasteiger charge is -2.26. The monoisotopic (exact) mass is 304 g/mol. The van der Waals surface area contributed by atoms with Crippen LogP contribution in [0, 0.1) is 5.92 Å². The summed E-state index contributed by atoms with van der Waals surface area (Å²) in [6.07, 6.45) is 1.73. The van der Waals surface area contributed by atoms with Crippen LogP contribution in [-0.2, 0) is 16.0 Å². The number of nitrogens with one attached hydrogen (secondary N) is 1. The van der Waals surface area contributed by atoms with Gasteiger partial charge in [-0.25, -0.2) is 0 Å². The van der Waals surface area contributed by atoms with Crippen molar-refractivity contribution in [1.82, 2.24) is 10.2 Å². The first-order chi connectivity index (χ1) is 10.7. The first kappa shape index (κ1) is 15.5. The zero-order valence-electron chi connectivity index (χ0n) is 12.8. The average molecular weight is 304 g/mol. The van der Waals surface area contributed by atoms with Crippen LogP contribution in [0.4, 0.5) is 0 Å². The van der Waals surface area contributed by atoms with Crippen LogP contribution in [0.3, 0.4) is 0 Å². The lowest BCUT2D eigenvalue weighted by atomic mass is 9.98. The number of carboxylic acid groups (broad SMARTS) is 1. The van der Waals surface area contributed by atoms with E-state index in [0.717, 1.165) is 39.3 Å². The Kier molecular flexibility index (Phi) is 5.08. The van der Waals surface area contributed by atoms with Gasteiger partial charge in [-0.3, -0.25) is 9.69 Å². The largest absolute Gasteiger partial charge is 0.481 e. The number of nitrogens with zero attached hydrogens (tertiary/aromatic N) is 1. The molecule has 120 valence electrons. The van der Waals surface area contributed by atoms with Crippen LogP contribution in [0.2, 0.25) is 0 Å². The number of aliphatic carboxylic acids is 1. The maximum Gasteiger partial charge on any atom is 0.307 e. The van der Waals surface area contributed by atoms with E-state index in [0.29, 0.717) is 13.0 Å². The van der Waals surface area contributed by atoms with Crippen molar-refractivity contribution in [1.29, 1.82) is 0 Å². The highest BCUT2D eigenvalue weighted by Crippen LogP contribution is 2.27. The lowest BCUT2D eigenvalue weighted by molar-refractivity contribution is -0.141. The number of hydrogen-bond acceptors (Lipinski definition) is 4. The molecule has 2 fully saturated rings. The molecule has 2 aliphatic rings. The highest BCUT2D eigenvalue weighted by Gasteiger charge is 2.29. The molecule has 2 atom stereocenters. The molecule has 22 heavy (non-hydrogen) atoms. The predicted octanol–water partition coefficient (Wildman–Crippen LogP) is 1.30. The van der Waals surface area contributed by atoms with Crippen LogP contribution >= 0.6 is 0 Å². The lowest BCUT2D eigenvalue weighted by Crippen LogP contribution is -2.37. The molecular weight excluding hydrogens is 280 g/mol. The van der Waals surface area contributed by atoms with Crippen molar-refractivity contribution in [2.24, 2.45) is 5.92 Å². The standard InChI is InChI=1S/C17H24N2O3/c20-17(21)15-11-16(18-12-15)14-3-1-13(2-4-14)5-6-19-7-9-22-10-8-19/h1-4,15-16,18H,5-12H2,(H,20,21). The number of carboxylic acids is 1. The molecule has 0 aliphatic carbocycles. The van der Waals surface area contributed by atoms with Gasteiger partial charge in [0.2, 0.25) is 0 Å². The summed E-state index contributed by atoms with van der Waals surface area (Å²) in [5, 5.41) is 12.4. The molecule has 2 unspecified atom stereocenters. The van der Waals surface area contributed by atoms with E-state index in [9.17, 15) is 4.79 Å². The van der Waals surface area contributed by atoms with Gasteiger partial charge in [-0.2, -0.15) is 0 Å². The number of carbonyl (C=O) groups is 1. The third-order valence-corrected chi connectivity index (χ3v) is 4.68. The molecule has 2 aliphatic heterocycles. The quantitative estimate of drug-likeness (QED) is 0.858. The zero-order valence-corrected chi connectivity index (χ0v) is 12.8. The van der Waals surface area contributed by atoms with Crippen molar-refractivity contribution in [3.63, 3.8) is 0 Å². The Balaban J connectivity index is 1.51. The number of rotatable bonds is 5. The summed E-state index contributed by atoms with van der Waals surface area (Å²) >= 11 is 0. The van der Waals surface area contributed by atoms with Gasteiger partial charge in [-0.05, 0) is 24.0 Å². The second-order valence-electron chi connectivity index (χ2n) is 6.18. The fraction of sp³-hybridized carbons (Fsp3) is 0.588. The third kappa shape index (κ3) is 3.85. The number of hydrogen-bond donors (Lipinski definition) is 2. The predicted molar refractivity (Wildman–Crippen MR) is 83.9 cm³/mol. The van der Waals surface area contributed by atoms with Gasteiger partial charge in [0.15, 0.2) is 0 Å². The van der Waals surface area contributed by atoms with Gasteiger partial charge in [0, 0.05) is 32.2 Å². The molecular formula is C17H24N2O3. The minimum absolute atomic E-state index is 0.175. The number of morpholine rings is 1. The first-order valence-corrected chi connectivity index (χ1v) is 8.07. The van der Waals surface area contributed by atoms with E-state index in [1.807, 2.05) is 0 Å². The van der Waals surface area contributed by atoms with Crippen molar-refractivity contribution in [3.8, 4) is 0 Å². The van der Waals surface area contributed by atoms with Crippen LogP contribution < -0.4 is 5.32 Å². The Bertz CT molecular complexity index is 497. The van der Waals surface area contributed by atoms with Gasteiger partial charge in [0.25, 0.3) is 0 Å². The fourth-order valence-electron chi connectivity index (χ4n) is 3.21. The topological polar surface area (TPSA) is 61.8 Å². The van der Waals surface area contributed by atoms with Gasteiger partial charge < -0.3 is 15.2 Å². The zero-order chi connectivity index (χ0) is 15.4. The maximum atomic E-state index is 11.0. The summed E-state index contributed by atoms with van der Waals surface area (Å²) in [5.74, 6) is -0.955. The van der Waals surface area contributed by atoms with Crippen molar-refractivity contribution in [2.75, 3.05) is 39.4 Å². The van der Waals surface area contributed by atoms with Gasteiger partial charge >= 0.3 is 5.97 Å². The molecule has 0 spiro atoms. The fourth-order valence-corrected chi connectivity index (χ4v) is 3.21. The smallest absolute Gasteiger partial charge is 0.307 e. The molecule has 0 radical (unpaired) electrons. The summed E-state index contributed by atoms with van der Waals surface area (Å²) in [4.78, 5) is 13.5. The maximum absolute atomic E-state index is 11.0. The molecule has 2 N–H and O–H groups in total. The molecule has 2 heterocycles. The van der Waals surface area contributed by atoms with E-state index >= 15 is 0 Å². The van der Waals surface area contributed by atoms with E-state index in [2.05, 4.69) is 34.5 Å². The average Bonchev–Trinajstić information content (AvgIpc) is 3.05.